The number of hydrogen-bond donors (Lipinski definition) is 1. The monoisotopic (exact) mass is 200 g/mol. The highest BCUT2D eigenvalue weighted by Crippen LogP contribution is 2.25. The minimum absolute atomic E-state index is 0.961. The average molecular weight is 200 g/mol. The van der Waals surface area contributed by atoms with E-state index in [9.17, 15) is 0 Å². The van der Waals surface area contributed by atoms with Crippen LogP contribution in [0.5, 0.6) is 0 Å². The first-order chi connectivity index (χ1) is 7.09. The average Bonchev–Trinajstić information content (AvgIpc) is 2.61. The molecule has 15 heavy (non-hydrogen) atoms. The zero-order valence-electron chi connectivity index (χ0n) is 9.68. The highest BCUT2D eigenvalue weighted by molar-refractivity contribution is 5.65. The molecule has 0 radical (unpaired) electrons. The quantitative estimate of drug-likeness (QED) is 0.751. The summed E-state index contributed by atoms with van der Waals surface area (Å²) >= 11 is 0. The van der Waals surface area contributed by atoms with E-state index >= 15 is 0 Å². The first-order valence-corrected chi connectivity index (χ1v) is 5.18. The SMILES string of the molecule is Cc1ncc(-c2ccc(C)c(C)c2C)[nH]1. The van der Waals surface area contributed by atoms with Crippen molar-refractivity contribution in [2.75, 3.05) is 0 Å². The maximum atomic E-state index is 4.23. The van der Waals surface area contributed by atoms with E-state index in [1.54, 1.807) is 0 Å². The fraction of sp³-hybridized carbons (Fsp3) is 0.308. The highest BCUT2D eigenvalue weighted by Gasteiger charge is 2.07. The Morgan fingerprint density at radius 1 is 1.00 bits per heavy atom. The molecule has 0 bridgehead atoms. The van der Waals surface area contributed by atoms with Gasteiger partial charge in [-0.15, -0.1) is 0 Å². The maximum absolute atomic E-state index is 4.23. The molecular weight excluding hydrogens is 184 g/mol. The van der Waals surface area contributed by atoms with E-state index in [-0.39, 0.29) is 0 Å². The largest absolute Gasteiger partial charge is 0.342 e. The van der Waals surface area contributed by atoms with Gasteiger partial charge in [0.2, 0.25) is 0 Å². The number of nitrogens with one attached hydrogen (secondary N) is 1. The summed E-state index contributed by atoms with van der Waals surface area (Å²) in [4.78, 5) is 7.50. The number of aryl methyl sites for hydroxylation is 2. The van der Waals surface area contributed by atoms with Crippen LogP contribution in [0.1, 0.15) is 22.5 Å². The molecule has 2 aromatic rings. The third-order valence-electron chi connectivity index (χ3n) is 3.05. The zero-order valence-corrected chi connectivity index (χ0v) is 9.68. The van der Waals surface area contributed by atoms with E-state index in [1.165, 1.54) is 22.3 Å². The Bertz CT molecular complexity index is 495. The first-order valence-electron chi connectivity index (χ1n) is 5.18. The number of nitrogens with zero attached hydrogens (tertiary/aromatic N) is 1. The predicted octanol–water partition coefficient (Wildman–Crippen LogP) is 3.31. The fourth-order valence-electron chi connectivity index (χ4n) is 1.81. The van der Waals surface area contributed by atoms with Gasteiger partial charge in [0.25, 0.3) is 0 Å². The third-order valence-corrected chi connectivity index (χ3v) is 3.05. The second-order valence-electron chi connectivity index (χ2n) is 4.06. The highest BCUT2D eigenvalue weighted by atomic mass is 14.9. The second-order valence-corrected chi connectivity index (χ2v) is 4.06. The molecule has 78 valence electrons. The lowest BCUT2D eigenvalue weighted by molar-refractivity contribution is 1.15. The van der Waals surface area contributed by atoms with Gasteiger partial charge in [-0.1, -0.05) is 12.1 Å². The van der Waals surface area contributed by atoms with Crippen LogP contribution in [-0.2, 0) is 0 Å². The molecule has 0 saturated carbocycles. The topological polar surface area (TPSA) is 28.7 Å². The molecule has 2 heteroatoms. The van der Waals surface area contributed by atoms with Crippen LogP contribution in [0.4, 0.5) is 0 Å². The van der Waals surface area contributed by atoms with Crippen molar-refractivity contribution in [3.8, 4) is 11.3 Å². The summed E-state index contributed by atoms with van der Waals surface area (Å²) in [6.07, 6.45) is 1.90. The Hall–Kier alpha value is -1.57. The number of imidazole rings is 1. The third kappa shape index (κ3) is 1.67. The number of H-pyrrole nitrogens is 1. The van der Waals surface area contributed by atoms with Gasteiger partial charge in [0, 0.05) is 5.56 Å². The number of hydrogen-bond acceptors (Lipinski definition) is 1. The van der Waals surface area contributed by atoms with E-state index in [0.717, 1.165) is 11.5 Å². The molecule has 0 aliphatic heterocycles. The normalized spacial score (nSPS) is 10.7. The predicted molar refractivity (Wildman–Crippen MR) is 63.0 cm³/mol. The molecule has 0 spiro atoms. The summed E-state index contributed by atoms with van der Waals surface area (Å²) in [5.74, 6) is 0.961. The van der Waals surface area contributed by atoms with Crippen LogP contribution in [0, 0.1) is 27.7 Å². The van der Waals surface area contributed by atoms with E-state index in [1.807, 2.05) is 13.1 Å². The van der Waals surface area contributed by atoms with Crippen molar-refractivity contribution in [1.82, 2.24) is 9.97 Å². The van der Waals surface area contributed by atoms with Gasteiger partial charge in [0.1, 0.15) is 5.82 Å². The van der Waals surface area contributed by atoms with Crippen molar-refractivity contribution in [2.24, 2.45) is 0 Å². The molecule has 0 aliphatic rings. The molecule has 0 saturated heterocycles. The van der Waals surface area contributed by atoms with Crippen LogP contribution in [0.3, 0.4) is 0 Å². The molecule has 2 rings (SSSR count). The zero-order chi connectivity index (χ0) is 11.0. The van der Waals surface area contributed by atoms with Crippen LogP contribution in [0.15, 0.2) is 18.3 Å². The summed E-state index contributed by atoms with van der Waals surface area (Å²) in [7, 11) is 0. The Labute approximate surface area is 90.4 Å². The molecule has 0 amide bonds. The van der Waals surface area contributed by atoms with Gasteiger partial charge in [-0.25, -0.2) is 4.98 Å². The lowest BCUT2D eigenvalue weighted by Crippen LogP contribution is -1.90. The molecule has 2 nitrogen and oxygen atoms in total. The van der Waals surface area contributed by atoms with Crippen molar-refractivity contribution in [1.29, 1.82) is 0 Å². The summed E-state index contributed by atoms with van der Waals surface area (Å²) in [6, 6.07) is 4.32. The Kier molecular flexibility index (Phi) is 2.35. The fourth-order valence-corrected chi connectivity index (χ4v) is 1.81. The van der Waals surface area contributed by atoms with Gasteiger partial charge in [0.05, 0.1) is 11.9 Å². The number of aromatic nitrogens is 2. The first kappa shape index (κ1) is 9.97. The van der Waals surface area contributed by atoms with E-state index < -0.39 is 0 Å². The molecule has 0 atom stereocenters. The van der Waals surface area contributed by atoms with Crippen LogP contribution in [0.25, 0.3) is 11.3 Å². The van der Waals surface area contributed by atoms with Crippen molar-refractivity contribution in [2.45, 2.75) is 27.7 Å². The standard InChI is InChI=1S/C13H16N2/c1-8-5-6-12(10(3)9(8)2)13-7-14-11(4)15-13/h5-7H,1-4H3,(H,14,15). The molecule has 1 aromatic carbocycles. The lowest BCUT2D eigenvalue weighted by Gasteiger charge is -2.09. The number of aromatic amines is 1. The molecule has 0 aliphatic carbocycles. The van der Waals surface area contributed by atoms with Crippen LogP contribution in [-0.4, -0.2) is 9.97 Å². The van der Waals surface area contributed by atoms with E-state index in [4.69, 9.17) is 0 Å². The van der Waals surface area contributed by atoms with Crippen LogP contribution >= 0.6 is 0 Å². The van der Waals surface area contributed by atoms with Crippen molar-refractivity contribution >= 4 is 0 Å². The van der Waals surface area contributed by atoms with Crippen LogP contribution in [0.2, 0.25) is 0 Å². The van der Waals surface area contributed by atoms with Gasteiger partial charge in [0.15, 0.2) is 0 Å². The summed E-state index contributed by atoms with van der Waals surface area (Å²) in [5, 5.41) is 0. The van der Waals surface area contributed by atoms with Crippen molar-refractivity contribution < 1.29 is 0 Å². The molecule has 0 fully saturated rings. The lowest BCUT2D eigenvalue weighted by atomic mass is 9.97. The number of rotatable bonds is 1. The van der Waals surface area contributed by atoms with Crippen LogP contribution < -0.4 is 0 Å². The van der Waals surface area contributed by atoms with E-state index in [0.29, 0.717) is 0 Å². The molecule has 0 unspecified atom stereocenters. The molecule has 1 aromatic heterocycles. The smallest absolute Gasteiger partial charge is 0.103 e. The summed E-state index contributed by atoms with van der Waals surface area (Å²) < 4.78 is 0. The Morgan fingerprint density at radius 3 is 2.33 bits per heavy atom. The van der Waals surface area contributed by atoms with Gasteiger partial charge < -0.3 is 4.98 Å². The Morgan fingerprint density at radius 2 is 1.73 bits per heavy atom. The molecule has 1 N–H and O–H groups in total. The number of benzene rings is 1. The Balaban J connectivity index is 2.59. The second kappa shape index (κ2) is 3.54. The van der Waals surface area contributed by atoms with Gasteiger partial charge in [-0.3, -0.25) is 0 Å². The maximum Gasteiger partial charge on any atom is 0.103 e. The minimum atomic E-state index is 0.961. The summed E-state index contributed by atoms with van der Waals surface area (Å²) in [6.45, 7) is 8.44. The molecule has 1 heterocycles. The van der Waals surface area contributed by atoms with Gasteiger partial charge in [-0.2, -0.15) is 0 Å². The molecular formula is C13H16N2. The van der Waals surface area contributed by atoms with Crippen molar-refractivity contribution in [3.63, 3.8) is 0 Å². The van der Waals surface area contributed by atoms with Gasteiger partial charge in [-0.05, 0) is 44.4 Å². The van der Waals surface area contributed by atoms with E-state index in [2.05, 4.69) is 42.9 Å². The minimum Gasteiger partial charge on any atom is -0.342 e. The summed E-state index contributed by atoms with van der Waals surface area (Å²) in [5.41, 5.74) is 6.39. The van der Waals surface area contributed by atoms with Gasteiger partial charge >= 0.3 is 0 Å². The van der Waals surface area contributed by atoms with Crippen molar-refractivity contribution in [3.05, 3.63) is 40.8 Å².